The molecule has 0 bridgehead atoms. The van der Waals surface area contributed by atoms with Gasteiger partial charge in [-0.15, -0.1) is 0 Å². The van der Waals surface area contributed by atoms with Crippen molar-refractivity contribution in [3.63, 3.8) is 0 Å². The molecule has 0 spiro atoms. The van der Waals surface area contributed by atoms with Crippen molar-refractivity contribution in [3.8, 4) is 11.3 Å². The van der Waals surface area contributed by atoms with Crippen LogP contribution < -0.4 is 0 Å². The first-order chi connectivity index (χ1) is 6.25. The van der Waals surface area contributed by atoms with Gasteiger partial charge in [0.25, 0.3) is 0 Å². The molecule has 0 saturated heterocycles. The average Bonchev–Trinajstić information content (AvgIpc) is 2.53. The molecule has 0 radical (unpaired) electrons. The number of hydrogen-bond donors (Lipinski definition) is 1. The Balaban J connectivity index is 2.41. The summed E-state index contributed by atoms with van der Waals surface area (Å²) >= 11 is 0. The van der Waals surface area contributed by atoms with Crippen LogP contribution in [0.25, 0.3) is 11.3 Å². The number of nitrogens with zero attached hydrogens (tertiary/aromatic N) is 1. The van der Waals surface area contributed by atoms with Crippen molar-refractivity contribution in [1.82, 2.24) is 9.97 Å². The van der Waals surface area contributed by atoms with Gasteiger partial charge in [0.15, 0.2) is 0 Å². The summed E-state index contributed by atoms with van der Waals surface area (Å²) in [5, 5.41) is 0. The van der Waals surface area contributed by atoms with Gasteiger partial charge in [0.05, 0.1) is 11.9 Å². The summed E-state index contributed by atoms with van der Waals surface area (Å²) in [5.74, 6) is 0.954. The molecule has 0 aliphatic rings. The molecule has 0 fully saturated rings. The number of rotatable bonds is 1. The molecule has 0 unspecified atom stereocenters. The normalized spacial score (nSPS) is 10.3. The van der Waals surface area contributed by atoms with Gasteiger partial charge >= 0.3 is 0 Å². The van der Waals surface area contributed by atoms with Gasteiger partial charge < -0.3 is 4.98 Å². The quantitative estimate of drug-likeness (QED) is 0.704. The van der Waals surface area contributed by atoms with Crippen LogP contribution in [0.15, 0.2) is 30.5 Å². The minimum absolute atomic E-state index is 0.954. The smallest absolute Gasteiger partial charge is 0.103 e. The molecule has 2 aromatic rings. The summed E-state index contributed by atoms with van der Waals surface area (Å²) < 4.78 is 0. The molecule has 2 rings (SSSR count). The van der Waals surface area contributed by atoms with Crippen LogP contribution >= 0.6 is 0 Å². The van der Waals surface area contributed by atoms with Crippen molar-refractivity contribution in [2.24, 2.45) is 0 Å². The Labute approximate surface area is 77.6 Å². The van der Waals surface area contributed by atoms with Crippen LogP contribution in [-0.2, 0) is 0 Å². The Morgan fingerprint density at radius 1 is 1.08 bits per heavy atom. The number of imidazole rings is 1. The van der Waals surface area contributed by atoms with Crippen LogP contribution in [-0.4, -0.2) is 9.97 Å². The van der Waals surface area contributed by atoms with E-state index in [1.54, 1.807) is 0 Å². The fraction of sp³-hybridized carbons (Fsp3) is 0.182. The van der Waals surface area contributed by atoms with Crippen LogP contribution in [0, 0.1) is 13.8 Å². The molecule has 66 valence electrons. The lowest BCUT2D eigenvalue weighted by atomic mass is 10.1. The zero-order valence-corrected chi connectivity index (χ0v) is 7.83. The van der Waals surface area contributed by atoms with Gasteiger partial charge in [0, 0.05) is 0 Å². The highest BCUT2D eigenvalue weighted by molar-refractivity contribution is 5.58. The number of hydrogen-bond acceptors (Lipinski definition) is 1. The Hall–Kier alpha value is -1.57. The highest BCUT2D eigenvalue weighted by Gasteiger charge is 1.98. The highest BCUT2D eigenvalue weighted by Crippen LogP contribution is 2.16. The second kappa shape index (κ2) is 3.05. The van der Waals surface area contributed by atoms with Gasteiger partial charge in [-0.25, -0.2) is 4.98 Å². The lowest BCUT2D eigenvalue weighted by Gasteiger charge is -1.97. The van der Waals surface area contributed by atoms with Crippen LogP contribution in [0.1, 0.15) is 11.4 Å². The van der Waals surface area contributed by atoms with Crippen LogP contribution in [0.4, 0.5) is 0 Å². The monoisotopic (exact) mass is 172 g/mol. The van der Waals surface area contributed by atoms with Gasteiger partial charge in [-0.1, -0.05) is 29.8 Å². The first-order valence-corrected chi connectivity index (χ1v) is 4.34. The first-order valence-electron chi connectivity index (χ1n) is 4.34. The second-order valence-corrected chi connectivity index (χ2v) is 3.25. The van der Waals surface area contributed by atoms with Crippen molar-refractivity contribution in [2.45, 2.75) is 13.8 Å². The molecular formula is C11H12N2. The molecule has 0 aliphatic carbocycles. The van der Waals surface area contributed by atoms with Gasteiger partial charge in [-0.3, -0.25) is 0 Å². The van der Waals surface area contributed by atoms with Gasteiger partial charge in [-0.05, 0) is 19.4 Å². The standard InChI is InChI=1S/C11H12N2/c1-8-3-5-10(6-4-8)11-7-12-9(2)13-11/h3-7H,1-2H3,(H,12,13). The third-order valence-corrected chi connectivity index (χ3v) is 2.07. The lowest BCUT2D eigenvalue weighted by molar-refractivity contribution is 1.15. The summed E-state index contributed by atoms with van der Waals surface area (Å²) in [4.78, 5) is 7.36. The van der Waals surface area contributed by atoms with Gasteiger partial charge in [0.2, 0.25) is 0 Å². The maximum atomic E-state index is 4.16. The maximum absolute atomic E-state index is 4.16. The molecule has 1 N–H and O–H groups in total. The lowest BCUT2D eigenvalue weighted by Crippen LogP contribution is -1.78. The molecule has 1 heterocycles. The van der Waals surface area contributed by atoms with E-state index in [1.165, 1.54) is 11.1 Å². The Bertz CT molecular complexity index is 398. The van der Waals surface area contributed by atoms with Crippen molar-refractivity contribution in [3.05, 3.63) is 41.9 Å². The average molecular weight is 172 g/mol. The molecule has 1 aromatic carbocycles. The van der Waals surface area contributed by atoms with Crippen LogP contribution in [0.3, 0.4) is 0 Å². The fourth-order valence-corrected chi connectivity index (χ4v) is 1.30. The predicted molar refractivity (Wildman–Crippen MR) is 53.5 cm³/mol. The van der Waals surface area contributed by atoms with Gasteiger partial charge in [0.1, 0.15) is 5.82 Å². The van der Waals surface area contributed by atoms with E-state index in [1.807, 2.05) is 13.1 Å². The van der Waals surface area contributed by atoms with Crippen LogP contribution in [0.2, 0.25) is 0 Å². The molecule has 2 nitrogen and oxygen atoms in total. The zero-order valence-electron chi connectivity index (χ0n) is 7.83. The van der Waals surface area contributed by atoms with Crippen molar-refractivity contribution >= 4 is 0 Å². The summed E-state index contributed by atoms with van der Waals surface area (Å²) in [5.41, 5.74) is 3.55. The first kappa shape index (κ1) is 8.05. The number of benzene rings is 1. The summed E-state index contributed by atoms with van der Waals surface area (Å²) in [6, 6.07) is 8.40. The third-order valence-electron chi connectivity index (χ3n) is 2.07. The van der Waals surface area contributed by atoms with E-state index in [0.29, 0.717) is 0 Å². The van der Waals surface area contributed by atoms with E-state index in [2.05, 4.69) is 41.2 Å². The van der Waals surface area contributed by atoms with E-state index < -0.39 is 0 Å². The number of aromatic nitrogens is 2. The molecule has 13 heavy (non-hydrogen) atoms. The summed E-state index contributed by atoms with van der Waals surface area (Å²) in [7, 11) is 0. The summed E-state index contributed by atoms with van der Waals surface area (Å²) in [6.07, 6.45) is 1.86. The topological polar surface area (TPSA) is 28.7 Å². The largest absolute Gasteiger partial charge is 0.342 e. The van der Waals surface area contributed by atoms with E-state index in [9.17, 15) is 0 Å². The maximum Gasteiger partial charge on any atom is 0.103 e. The fourth-order valence-electron chi connectivity index (χ4n) is 1.30. The van der Waals surface area contributed by atoms with E-state index in [0.717, 1.165) is 11.5 Å². The molecule has 0 aliphatic heterocycles. The SMILES string of the molecule is Cc1ccc(-c2cnc(C)[nH]2)cc1. The molecule has 0 amide bonds. The van der Waals surface area contributed by atoms with E-state index in [4.69, 9.17) is 0 Å². The Morgan fingerprint density at radius 2 is 1.77 bits per heavy atom. The molecule has 2 heteroatoms. The number of H-pyrrole nitrogens is 1. The molecule has 0 atom stereocenters. The minimum atomic E-state index is 0.954. The minimum Gasteiger partial charge on any atom is -0.342 e. The zero-order chi connectivity index (χ0) is 9.26. The highest BCUT2D eigenvalue weighted by atomic mass is 14.9. The third kappa shape index (κ3) is 1.61. The Kier molecular flexibility index (Phi) is 1.89. The van der Waals surface area contributed by atoms with Gasteiger partial charge in [-0.2, -0.15) is 0 Å². The number of aryl methyl sites for hydroxylation is 2. The van der Waals surface area contributed by atoms with Crippen molar-refractivity contribution in [1.29, 1.82) is 0 Å². The van der Waals surface area contributed by atoms with E-state index >= 15 is 0 Å². The molecular weight excluding hydrogens is 160 g/mol. The van der Waals surface area contributed by atoms with Crippen LogP contribution in [0.5, 0.6) is 0 Å². The van der Waals surface area contributed by atoms with Crippen molar-refractivity contribution < 1.29 is 0 Å². The van der Waals surface area contributed by atoms with Crippen molar-refractivity contribution in [2.75, 3.05) is 0 Å². The molecule has 0 saturated carbocycles. The number of aromatic amines is 1. The predicted octanol–water partition coefficient (Wildman–Crippen LogP) is 2.69. The molecule has 1 aromatic heterocycles. The Morgan fingerprint density at radius 3 is 2.31 bits per heavy atom. The summed E-state index contributed by atoms with van der Waals surface area (Å²) in [6.45, 7) is 4.04. The number of nitrogens with one attached hydrogen (secondary N) is 1. The second-order valence-electron chi connectivity index (χ2n) is 3.25. The van der Waals surface area contributed by atoms with E-state index in [-0.39, 0.29) is 0 Å².